The van der Waals surface area contributed by atoms with Gasteiger partial charge in [-0.2, -0.15) is 0 Å². The van der Waals surface area contributed by atoms with Gasteiger partial charge >= 0.3 is 0 Å². The highest BCUT2D eigenvalue weighted by Gasteiger charge is 2.08. The summed E-state index contributed by atoms with van der Waals surface area (Å²) in [4.78, 5) is 0. The van der Waals surface area contributed by atoms with Gasteiger partial charge in [0.05, 0.1) is 13.1 Å². The molecule has 0 radical (unpaired) electrons. The maximum Gasteiger partial charge on any atom is 0.244 e. The minimum Gasteiger partial charge on any atom is -0.237 e. The van der Waals surface area contributed by atoms with Crippen molar-refractivity contribution in [1.29, 1.82) is 0 Å². The molecular formula is C33H34N4+2. The summed E-state index contributed by atoms with van der Waals surface area (Å²) in [6.45, 7) is 3.95. The second kappa shape index (κ2) is 10.8. The fraction of sp³-hybridized carbons (Fsp3) is 0.212. The first-order valence-corrected chi connectivity index (χ1v) is 13.3. The fourth-order valence-corrected chi connectivity index (χ4v) is 5.19. The first kappa shape index (κ1) is 23.2. The van der Waals surface area contributed by atoms with Crippen LogP contribution < -0.4 is 9.13 Å². The largest absolute Gasteiger partial charge is 0.244 e. The third kappa shape index (κ3) is 5.80. The SMILES string of the molecule is c1ccc2cc(C[n+]3ccn(CCCCCn4cc[n+](Cc5ccc6ccccc6c5)c4)c3)ccc2c1. The molecule has 0 saturated heterocycles. The molecule has 0 aliphatic heterocycles. The summed E-state index contributed by atoms with van der Waals surface area (Å²) in [7, 11) is 0. The molecular weight excluding hydrogens is 452 g/mol. The smallest absolute Gasteiger partial charge is 0.237 e. The Morgan fingerprint density at radius 3 is 1.43 bits per heavy atom. The van der Waals surface area contributed by atoms with E-state index in [-0.39, 0.29) is 0 Å². The summed E-state index contributed by atoms with van der Waals surface area (Å²) in [5, 5.41) is 5.21. The standard InChI is InChI=1S/C33H34N4/c1(6-16-34-18-20-36(26-34)24-28-12-14-30-8-2-4-10-32(30)22-28)7-17-35-19-21-37(27-35)25-29-13-15-31-9-3-5-11-33(31)23-29/h2-5,8-15,18-23,26-27H,1,6-7,16-17,24-25H2/q+2. The molecule has 0 atom stereocenters. The average molecular weight is 487 g/mol. The molecule has 2 heterocycles. The molecule has 4 nitrogen and oxygen atoms in total. The molecule has 4 aromatic carbocycles. The molecule has 0 N–H and O–H groups in total. The van der Waals surface area contributed by atoms with Gasteiger partial charge in [-0.3, -0.25) is 0 Å². The third-order valence-electron chi connectivity index (χ3n) is 7.18. The first-order chi connectivity index (χ1) is 18.3. The van der Waals surface area contributed by atoms with E-state index in [1.54, 1.807) is 0 Å². The van der Waals surface area contributed by atoms with E-state index in [9.17, 15) is 0 Å². The number of fused-ring (bicyclic) bond motifs is 2. The van der Waals surface area contributed by atoms with E-state index < -0.39 is 0 Å². The van der Waals surface area contributed by atoms with Crippen LogP contribution in [0.4, 0.5) is 0 Å². The van der Waals surface area contributed by atoms with Crippen molar-refractivity contribution in [3.8, 4) is 0 Å². The van der Waals surface area contributed by atoms with Gasteiger partial charge in [0.25, 0.3) is 0 Å². The molecule has 0 aliphatic carbocycles. The molecule has 4 heteroatoms. The number of aryl methyl sites for hydroxylation is 2. The van der Waals surface area contributed by atoms with Crippen LogP contribution in [0.3, 0.4) is 0 Å². The molecule has 6 aromatic rings. The van der Waals surface area contributed by atoms with Crippen LogP contribution >= 0.6 is 0 Å². The number of benzene rings is 4. The summed E-state index contributed by atoms with van der Waals surface area (Å²) in [5.74, 6) is 0. The van der Waals surface area contributed by atoms with Gasteiger partial charge in [-0.05, 0) is 64.1 Å². The molecule has 0 amide bonds. The van der Waals surface area contributed by atoms with E-state index in [1.165, 1.54) is 51.9 Å². The van der Waals surface area contributed by atoms with E-state index >= 15 is 0 Å². The van der Waals surface area contributed by atoms with Crippen molar-refractivity contribution in [2.24, 2.45) is 0 Å². The maximum atomic E-state index is 2.31. The van der Waals surface area contributed by atoms with Crippen LogP contribution in [-0.4, -0.2) is 9.13 Å². The van der Waals surface area contributed by atoms with E-state index in [0.717, 1.165) is 26.2 Å². The molecule has 6 rings (SSSR count). The molecule has 0 aliphatic rings. The second-order valence-electron chi connectivity index (χ2n) is 10.1. The first-order valence-electron chi connectivity index (χ1n) is 13.3. The van der Waals surface area contributed by atoms with Crippen LogP contribution in [0.15, 0.2) is 122 Å². The van der Waals surface area contributed by atoms with Crippen molar-refractivity contribution in [2.75, 3.05) is 0 Å². The highest BCUT2D eigenvalue weighted by Crippen LogP contribution is 2.16. The number of aromatic nitrogens is 4. The Morgan fingerprint density at radius 2 is 0.946 bits per heavy atom. The lowest BCUT2D eigenvalue weighted by Crippen LogP contribution is -2.31. The van der Waals surface area contributed by atoms with Crippen LogP contribution in [0.1, 0.15) is 30.4 Å². The summed E-state index contributed by atoms with van der Waals surface area (Å²) in [5.41, 5.74) is 2.68. The van der Waals surface area contributed by atoms with Gasteiger partial charge in [0.2, 0.25) is 12.7 Å². The number of rotatable bonds is 10. The Labute approximate surface area is 218 Å². The molecule has 0 spiro atoms. The summed E-state index contributed by atoms with van der Waals surface area (Å²) >= 11 is 0. The van der Waals surface area contributed by atoms with Crippen molar-refractivity contribution in [3.63, 3.8) is 0 Å². The van der Waals surface area contributed by atoms with E-state index in [0.29, 0.717) is 0 Å². The Morgan fingerprint density at radius 1 is 0.486 bits per heavy atom. The summed E-state index contributed by atoms with van der Waals surface area (Å²) in [6, 6.07) is 30.6. The lowest BCUT2D eigenvalue weighted by molar-refractivity contribution is -0.688. The van der Waals surface area contributed by atoms with E-state index in [4.69, 9.17) is 0 Å². The molecule has 0 bridgehead atoms. The number of hydrogen-bond donors (Lipinski definition) is 0. The minimum absolute atomic E-state index is 0.907. The second-order valence-corrected chi connectivity index (χ2v) is 10.1. The van der Waals surface area contributed by atoms with Gasteiger partial charge in [-0.1, -0.05) is 72.8 Å². The van der Waals surface area contributed by atoms with Gasteiger partial charge in [0, 0.05) is 0 Å². The van der Waals surface area contributed by atoms with Gasteiger partial charge in [-0.25, -0.2) is 18.3 Å². The zero-order valence-electron chi connectivity index (χ0n) is 21.3. The van der Waals surface area contributed by atoms with Gasteiger partial charge < -0.3 is 0 Å². The monoisotopic (exact) mass is 486 g/mol. The van der Waals surface area contributed by atoms with Crippen LogP contribution in [0.25, 0.3) is 21.5 Å². The maximum absolute atomic E-state index is 2.31. The Balaban J connectivity index is 0.943. The molecule has 184 valence electrons. The minimum atomic E-state index is 0.907. The van der Waals surface area contributed by atoms with E-state index in [1.807, 2.05) is 0 Å². The normalized spacial score (nSPS) is 11.5. The Bertz CT molecular complexity index is 1500. The van der Waals surface area contributed by atoms with Crippen molar-refractivity contribution < 1.29 is 9.13 Å². The predicted molar refractivity (Wildman–Crippen MR) is 149 cm³/mol. The Hall–Kier alpha value is -4.18. The highest BCUT2D eigenvalue weighted by molar-refractivity contribution is 5.83. The zero-order chi connectivity index (χ0) is 24.9. The topological polar surface area (TPSA) is 17.6 Å². The number of hydrogen-bond acceptors (Lipinski definition) is 0. The number of unbranched alkanes of at least 4 members (excludes halogenated alkanes) is 2. The number of nitrogens with zero attached hydrogens (tertiary/aromatic N) is 4. The van der Waals surface area contributed by atoms with Crippen LogP contribution in [0.2, 0.25) is 0 Å². The van der Waals surface area contributed by atoms with Crippen molar-refractivity contribution in [1.82, 2.24) is 9.13 Å². The lowest BCUT2D eigenvalue weighted by Gasteiger charge is -2.02. The summed E-state index contributed by atoms with van der Waals surface area (Å²) < 4.78 is 9.18. The molecule has 37 heavy (non-hydrogen) atoms. The van der Waals surface area contributed by atoms with Gasteiger partial charge in [0.1, 0.15) is 37.9 Å². The Kier molecular flexibility index (Phi) is 6.80. The average Bonchev–Trinajstić information content (AvgIpc) is 3.57. The van der Waals surface area contributed by atoms with E-state index in [2.05, 4.69) is 141 Å². The fourth-order valence-electron chi connectivity index (χ4n) is 5.19. The van der Waals surface area contributed by atoms with Gasteiger partial charge in [-0.15, -0.1) is 0 Å². The van der Waals surface area contributed by atoms with Crippen molar-refractivity contribution >= 4 is 21.5 Å². The lowest BCUT2D eigenvalue weighted by atomic mass is 10.1. The van der Waals surface area contributed by atoms with Crippen molar-refractivity contribution in [3.05, 3.63) is 133 Å². The third-order valence-corrected chi connectivity index (χ3v) is 7.18. The molecule has 2 aromatic heterocycles. The molecule has 0 unspecified atom stereocenters. The van der Waals surface area contributed by atoms with Crippen LogP contribution in [-0.2, 0) is 26.2 Å². The number of imidazole rings is 2. The zero-order valence-corrected chi connectivity index (χ0v) is 21.3. The highest BCUT2D eigenvalue weighted by atomic mass is 15.1. The van der Waals surface area contributed by atoms with Crippen molar-refractivity contribution in [2.45, 2.75) is 45.4 Å². The van der Waals surface area contributed by atoms with Gasteiger partial charge in [0.15, 0.2) is 0 Å². The molecule has 0 fully saturated rings. The summed E-state index contributed by atoms with van der Waals surface area (Å²) in [6.07, 6.45) is 16.9. The predicted octanol–water partition coefficient (Wildman–Crippen LogP) is 6.14. The molecule has 0 saturated carbocycles. The quantitative estimate of drug-likeness (QED) is 0.164. The van der Waals surface area contributed by atoms with Crippen LogP contribution in [0, 0.1) is 0 Å². The van der Waals surface area contributed by atoms with Crippen LogP contribution in [0.5, 0.6) is 0 Å².